The van der Waals surface area contributed by atoms with Gasteiger partial charge < -0.3 is 55.3 Å². The number of aliphatic hydroxyl groups excluding tert-OH is 2. The van der Waals surface area contributed by atoms with Crippen LogP contribution < -0.4 is 11.5 Å². The maximum Gasteiger partial charge on any atom is 0.490 e. The van der Waals surface area contributed by atoms with Crippen molar-refractivity contribution in [1.29, 1.82) is 0 Å². The molecular formula is C36H43N10O16P3. The van der Waals surface area contributed by atoms with Crippen LogP contribution in [0.15, 0.2) is 86.0 Å². The number of aliphatic hydroxyl groups is 2. The lowest BCUT2D eigenvalue weighted by Gasteiger charge is -2.22. The number of benzene rings is 2. The van der Waals surface area contributed by atoms with Crippen molar-refractivity contribution in [1.82, 2.24) is 39.0 Å². The molecular weight excluding hydrogens is 921 g/mol. The molecule has 26 nitrogen and oxygen atoms in total. The second-order valence-electron chi connectivity index (χ2n) is 14.6. The Morgan fingerprint density at radius 3 is 1.38 bits per heavy atom. The largest absolute Gasteiger partial charge is 0.490 e. The number of aromatic nitrogens is 8. The van der Waals surface area contributed by atoms with E-state index in [1.54, 1.807) is 0 Å². The number of fused-ring (bicyclic) bond motifs is 2. The van der Waals surface area contributed by atoms with E-state index in [0.717, 1.165) is 11.1 Å². The van der Waals surface area contributed by atoms with Crippen LogP contribution in [0.25, 0.3) is 22.3 Å². The summed E-state index contributed by atoms with van der Waals surface area (Å²) >= 11 is 0. The third kappa shape index (κ3) is 11.0. The molecule has 2 fully saturated rings. The molecule has 2 aliphatic heterocycles. The molecule has 65 heavy (non-hydrogen) atoms. The molecule has 11 atom stereocenters. The van der Waals surface area contributed by atoms with Gasteiger partial charge in [-0.15, -0.1) is 0 Å². The number of phosphoric ester groups is 2. The van der Waals surface area contributed by atoms with Crippen molar-refractivity contribution in [3.8, 4) is 0 Å². The molecule has 9 N–H and O–H groups in total. The minimum atomic E-state index is -5.98. The number of ether oxygens (including phenoxy) is 4. The molecule has 2 saturated heterocycles. The van der Waals surface area contributed by atoms with Crippen LogP contribution in [0, 0.1) is 0 Å². The van der Waals surface area contributed by atoms with E-state index in [1.807, 2.05) is 60.7 Å². The molecule has 4 aromatic heterocycles. The van der Waals surface area contributed by atoms with Crippen LogP contribution in [-0.4, -0.2) is 127 Å². The molecule has 0 bridgehead atoms. The van der Waals surface area contributed by atoms with Crippen LogP contribution >= 0.6 is 23.5 Å². The molecule has 2 aliphatic rings. The fourth-order valence-electron chi connectivity index (χ4n) is 7.21. The van der Waals surface area contributed by atoms with E-state index < -0.39 is 85.8 Å². The summed E-state index contributed by atoms with van der Waals surface area (Å²) in [6.07, 6.45) is -4.66. The standard InChI is InChI=1S/C36H43N10O16P3/c37-31-25-33(41-17-39-31)45(19-43-25)35-29(55-13-11-21-7-3-1-4-8-21)27(47)23(59-35)15-57-63(49,50)61-65(53,54)62-64(51,52)58-16-24-28(48)30(56-14-12-22-9-5-2-6-10-22)36(60-24)46-20-44-26-32(38)40-18-42-34(26)46/h1-10,17-20,23-24,27-30,35-36,47-48H,11-16H2,(H,49,50)(H,51,52)(H,53,54)(H2,37,39,41)(H2,38,40,42)/t23-,24-,27-,28+,29-,30+,35-,36+/m1/s1. The van der Waals surface area contributed by atoms with Gasteiger partial charge in [0.05, 0.1) is 39.1 Å². The van der Waals surface area contributed by atoms with E-state index in [2.05, 4.69) is 38.5 Å². The van der Waals surface area contributed by atoms with E-state index in [1.165, 1.54) is 34.4 Å². The first-order valence-corrected chi connectivity index (χ1v) is 24.1. The summed E-state index contributed by atoms with van der Waals surface area (Å²) in [4.78, 5) is 55.9. The van der Waals surface area contributed by atoms with E-state index in [-0.39, 0.29) is 47.2 Å². The predicted octanol–water partition coefficient (Wildman–Crippen LogP) is 1.97. The molecule has 2 aromatic carbocycles. The molecule has 0 spiro atoms. The van der Waals surface area contributed by atoms with Crippen molar-refractivity contribution < 1.29 is 75.2 Å². The lowest BCUT2D eigenvalue weighted by atomic mass is 10.1. The Kier molecular flexibility index (Phi) is 14.2. The quantitative estimate of drug-likeness (QED) is 0.0538. The Bertz CT molecular complexity index is 2540. The van der Waals surface area contributed by atoms with Crippen LogP contribution in [0.2, 0.25) is 0 Å². The zero-order chi connectivity index (χ0) is 45.9. The van der Waals surface area contributed by atoms with Gasteiger partial charge in [0, 0.05) is 0 Å². The Morgan fingerprint density at radius 2 is 0.985 bits per heavy atom. The van der Waals surface area contributed by atoms with Gasteiger partial charge in [0.1, 0.15) is 60.3 Å². The highest BCUT2D eigenvalue weighted by Gasteiger charge is 2.50. The second-order valence-corrected chi connectivity index (χ2v) is 19.2. The number of phosphoric acid groups is 3. The van der Waals surface area contributed by atoms with Crippen molar-refractivity contribution in [3.05, 3.63) is 97.1 Å². The maximum atomic E-state index is 13.0. The summed E-state index contributed by atoms with van der Waals surface area (Å²) in [5.74, 6) is 0.127. The molecule has 3 unspecified atom stereocenters. The van der Waals surface area contributed by atoms with E-state index in [9.17, 15) is 38.6 Å². The van der Waals surface area contributed by atoms with E-state index >= 15 is 0 Å². The smallest absolute Gasteiger partial charge is 0.387 e. The fourth-order valence-corrected chi connectivity index (χ4v) is 10.7. The summed E-state index contributed by atoms with van der Waals surface area (Å²) < 4.78 is 84.1. The average Bonchev–Trinajstić information content (AvgIpc) is 4.04. The third-order valence-electron chi connectivity index (χ3n) is 10.3. The highest BCUT2D eigenvalue weighted by Crippen LogP contribution is 2.68. The van der Waals surface area contributed by atoms with E-state index in [0.29, 0.717) is 12.8 Å². The monoisotopic (exact) mass is 964 g/mol. The van der Waals surface area contributed by atoms with Gasteiger partial charge in [-0.1, -0.05) is 60.7 Å². The van der Waals surface area contributed by atoms with Gasteiger partial charge in [0.2, 0.25) is 0 Å². The lowest BCUT2D eigenvalue weighted by molar-refractivity contribution is -0.0697. The molecule has 0 aliphatic carbocycles. The lowest BCUT2D eigenvalue weighted by Crippen LogP contribution is -2.36. The van der Waals surface area contributed by atoms with Gasteiger partial charge in [-0.2, -0.15) is 8.62 Å². The first-order chi connectivity index (χ1) is 31.1. The molecule has 6 heterocycles. The Morgan fingerprint density at radius 1 is 0.585 bits per heavy atom. The van der Waals surface area contributed by atoms with Gasteiger partial charge in [0.25, 0.3) is 0 Å². The number of nitrogens with zero attached hydrogens (tertiary/aromatic N) is 8. The van der Waals surface area contributed by atoms with Crippen molar-refractivity contribution >= 4 is 57.4 Å². The summed E-state index contributed by atoms with van der Waals surface area (Å²) in [5.41, 5.74) is 14.6. The number of hydrogen-bond donors (Lipinski definition) is 7. The van der Waals surface area contributed by atoms with Crippen LogP contribution in [0.4, 0.5) is 11.6 Å². The Balaban J connectivity index is 0.891. The third-order valence-corrected chi connectivity index (χ3v) is 14.5. The Hall–Kier alpha value is -4.69. The molecule has 0 saturated carbocycles. The van der Waals surface area contributed by atoms with Crippen molar-refractivity contribution in [2.75, 3.05) is 37.9 Å². The Labute approximate surface area is 367 Å². The molecule has 6 aromatic rings. The second kappa shape index (κ2) is 19.6. The minimum absolute atomic E-state index is 0.0636. The zero-order valence-corrected chi connectivity index (χ0v) is 36.4. The topological polar surface area (TPSA) is 365 Å². The summed E-state index contributed by atoms with van der Waals surface area (Å²) in [5, 5.41) is 22.7. The van der Waals surface area contributed by atoms with E-state index in [4.69, 9.17) is 39.5 Å². The van der Waals surface area contributed by atoms with Crippen LogP contribution in [0.5, 0.6) is 0 Å². The van der Waals surface area contributed by atoms with Crippen LogP contribution in [0.1, 0.15) is 23.6 Å². The molecule has 0 amide bonds. The van der Waals surface area contributed by atoms with Crippen molar-refractivity contribution in [3.63, 3.8) is 0 Å². The number of anilines is 2. The highest BCUT2D eigenvalue weighted by atomic mass is 31.3. The molecule has 348 valence electrons. The number of rotatable bonds is 20. The fraction of sp³-hybridized carbons (Fsp3) is 0.389. The summed E-state index contributed by atoms with van der Waals surface area (Å²) in [7, 11) is -17.3. The van der Waals surface area contributed by atoms with Crippen LogP contribution in [0.3, 0.4) is 0 Å². The SMILES string of the molecule is Nc1ncnc2c1ncn2[C@@H]1O[C@H](COP(=O)(O)OP(=O)(O)OP(=O)(O)OC[C@H]2O[C@H](n3cnc4c(N)ncnc43)[C@@H](OCCc3ccccc3)[C@H]2O)[C@@H](O)[C@H]1OCCc1ccccc1. The van der Waals surface area contributed by atoms with Crippen LogP contribution in [-0.2, 0) is 63.2 Å². The highest BCUT2D eigenvalue weighted by molar-refractivity contribution is 7.66. The van der Waals surface area contributed by atoms with Gasteiger partial charge >= 0.3 is 23.5 Å². The van der Waals surface area contributed by atoms with Gasteiger partial charge in [-0.05, 0) is 24.0 Å². The first kappa shape index (κ1) is 46.8. The first-order valence-electron chi connectivity index (χ1n) is 19.6. The number of nitrogens with two attached hydrogens (primary N) is 2. The average molecular weight is 965 g/mol. The van der Waals surface area contributed by atoms with Gasteiger partial charge in [-0.3, -0.25) is 18.2 Å². The summed E-state index contributed by atoms with van der Waals surface area (Å²) in [6.45, 7) is -1.70. The van der Waals surface area contributed by atoms with Gasteiger partial charge in [-0.25, -0.2) is 43.6 Å². The summed E-state index contributed by atoms with van der Waals surface area (Å²) in [6, 6.07) is 18.6. The van der Waals surface area contributed by atoms with Crippen molar-refractivity contribution in [2.24, 2.45) is 0 Å². The predicted molar refractivity (Wildman–Crippen MR) is 223 cm³/mol. The zero-order valence-electron chi connectivity index (χ0n) is 33.7. The molecule has 8 rings (SSSR count). The molecule has 29 heteroatoms. The van der Waals surface area contributed by atoms with Gasteiger partial charge in [0.15, 0.2) is 35.4 Å². The minimum Gasteiger partial charge on any atom is -0.387 e. The number of hydrogen-bond acceptors (Lipinski definition) is 21. The molecule has 0 radical (unpaired) electrons. The maximum absolute atomic E-state index is 13.0. The van der Waals surface area contributed by atoms with Crippen molar-refractivity contribution in [2.45, 2.75) is 61.9 Å². The number of imidazole rings is 2. The number of nitrogen functional groups attached to an aromatic ring is 2. The normalized spacial score (nSPS) is 26.3.